The lowest BCUT2D eigenvalue weighted by atomic mass is 9.91. The number of piperidine rings is 2. The zero-order chi connectivity index (χ0) is 34.6. The van der Waals surface area contributed by atoms with Crippen LogP contribution >= 0.6 is 27.3 Å². The quantitative estimate of drug-likeness (QED) is 0.382. The average molecular weight is 767 g/mol. The molecule has 3 N–H and O–H groups in total. The second kappa shape index (κ2) is 13.7. The van der Waals surface area contributed by atoms with Gasteiger partial charge in [-0.1, -0.05) is 0 Å². The van der Waals surface area contributed by atoms with Crippen molar-refractivity contribution in [2.24, 2.45) is 5.92 Å². The first-order chi connectivity index (χ1) is 23.4. The standard InChI is InChI=1S/C34H43BrF3N7O3S/c1-41-17-25-16-24(41)18-44(25)22-4-9-43(10-5-22)32(47)21(12-20-13-26(34(36,37)38)31(39)27(35)14-20)15-30(46)42-7-2-23(3-8-42)45-19-29-28(6-11-49-29)40-33(45)48/h6,11,13-14,21-25H,2-5,7-10,12,15-19,39H2,1H3,(H,40,48)/t21-,24?,25?/m0/s1. The Morgan fingerprint density at radius 2 is 1.71 bits per heavy atom. The lowest BCUT2D eigenvalue weighted by Crippen LogP contribution is -2.54. The molecule has 5 aliphatic rings. The summed E-state index contributed by atoms with van der Waals surface area (Å²) in [5.41, 5.74) is 5.56. The van der Waals surface area contributed by atoms with Crippen molar-refractivity contribution in [1.82, 2.24) is 24.5 Å². The highest BCUT2D eigenvalue weighted by Gasteiger charge is 2.45. The first kappa shape index (κ1) is 34.6. The zero-order valence-corrected chi connectivity index (χ0v) is 30.0. The smallest absolute Gasteiger partial charge is 0.397 e. The van der Waals surface area contributed by atoms with Gasteiger partial charge in [-0.05, 0) is 90.6 Å². The molecule has 3 atom stereocenters. The van der Waals surface area contributed by atoms with Crippen molar-refractivity contribution in [3.05, 3.63) is 44.1 Å². The van der Waals surface area contributed by atoms with E-state index in [2.05, 4.69) is 38.1 Å². The Hall–Kier alpha value is -2.88. The molecule has 0 aliphatic carbocycles. The van der Waals surface area contributed by atoms with E-state index in [-0.39, 0.29) is 41.2 Å². The van der Waals surface area contributed by atoms with Crippen LogP contribution in [0.3, 0.4) is 0 Å². The van der Waals surface area contributed by atoms with Crippen LogP contribution in [0.5, 0.6) is 0 Å². The van der Waals surface area contributed by atoms with Gasteiger partial charge in [0.1, 0.15) is 0 Å². The number of urea groups is 1. The number of carbonyl (C=O) groups excluding carboxylic acids is 3. The van der Waals surface area contributed by atoms with Crippen LogP contribution in [0.25, 0.3) is 0 Å². The number of likely N-dealkylation sites (N-methyl/N-ethyl adjacent to an activating group) is 1. The number of anilines is 2. The third-order valence-corrected chi connectivity index (χ3v) is 12.9. The van der Waals surface area contributed by atoms with E-state index in [1.54, 1.807) is 16.2 Å². The molecule has 5 aliphatic heterocycles. The van der Waals surface area contributed by atoms with Gasteiger partial charge >= 0.3 is 12.2 Å². The Bertz CT molecular complexity index is 1590. The van der Waals surface area contributed by atoms with Gasteiger partial charge in [0.2, 0.25) is 11.8 Å². The first-order valence-electron chi connectivity index (χ1n) is 17.2. The minimum absolute atomic E-state index is 0.0117. The molecular formula is C34H43BrF3N7O3S. The number of fused-ring (bicyclic) bond motifs is 3. The number of hydrogen-bond acceptors (Lipinski definition) is 7. The van der Waals surface area contributed by atoms with Crippen LogP contribution in [0.2, 0.25) is 0 Å². The van der Waals surface area contributed by atoms with Crippen LogP contribution < -0.4 is 11.1 Å². The summed E-state index contributed by atoms with van der Waals surface area (Å²) >= 11 is 4.78. The highest BCUT2D eigenvalue weighted by atomic mass is 79.9. The van der Waals surface area contributed by atoms with Gasteiger partial charge in [-0.25, -0.2) is 4.79 Å². The number of nitrogens with two attached hydrogens (primary N) is 1. The second-order valence-electron chi connectivity index (χ2n) is 14.3. The molecule has 1 aromatic carbocycles. The van der Waals surface area contributed by atoms with Gasteiger partial charge in [0, 0.05) is 79.2 Å². The molecule has 6 heterocycles. The van der Waals surface area contributed by atoms with E-state index in [4.69, 9.17) is 5.73 Å². The van der Waals surface area contributed by atoms with Crippen LogP contribution in [-0.4, -0.2) is 113 Å². The Morgan fingerprint density at radius 3 is 2.37 bits per heavy atom. The Morgan fingerprint density at radius 1 is 1.02 bits per heavy atom. The fourth-order valence-corrected chi connectivity index (χ4v) is 9.96. The van der Waals surface area contributed by atoms with Crippen LogP contribution in [0.4, 0.5) is 29.3 Å². The number of hydrogen-bond donors (Lipinski definition) is 2. The van der Waals surface area contributed by atoms with Gasteiger partial charge in [0.15, 0.2) is 0 Å². The molecular weight excluding hydrogens is 723 g/mol. The number of likely N-dealkylation sites (tertiary alicyclic amines) is 4. The summed E-state index contributed by atoms with van der Waals surface area (Å²) in [7, 11) is 2.18. The van der Waals surface area contributed by atoms with Gasteiger partial charge < -0.3 is 30.7 Å². The number of rotatable bonds is 7. The summed E-state index contributed by atoms with van der Waals surface area (Å²) in [6.07, 6.45) is -0.676. The van der Waals surface area contributed by atoms with Crippen LogP contribution in [0, 0.1) is 5.92 Å². The number of nitrogens with one attached hydrogen (secondary N) is 1. The zero-order valence-electron chi connectivity index (χ0n) is 27.6. The number of piperazine rings is 1. The van der Waals surface area contributed by atoms with Crippen molar-refractivity contribution in [1.29, 1.82) is 0 Å². The van der Waals surface area contributed by atoms with Crippen molar-refractivity contribution in [3.63, 3.8) is 0 Å². The largest absolute Gasteiger partial charge is 0.418 e. The van der Waals surface area contributed by atoms with Crippen molar-refractivity contribution in [2.75, 3.05) is 57.4 Å². The molecule has 10 nitrogen and oxygen atoms in total. The van der Waals surface area contributed by atoms with Crippen molar-refractivity contribution in [3.8, 4) is 0 Å². The van der Waals surface area contributed by atoms with Crippen molar-refractivity contribution in [2.45, 2.75) is 81.8 Å². The maximum absolute atomic E-state index is 14.2. The molecule has 49 heavy (non-hydrogen) atoms. The summed E-state index contributed by atoms with van der Waals surface area (Å²) in [6.45, 7) is 4.67. The van der Waals surface area contributed by atoms with Crippen LogP contribution in [0.15, 0.2) is 28.1 Å². The van der Waals surface area contributed by atoms with E-state index in [1.807, 2.05) is 21.2 Å². The topological polar surface area (TPSA) is 105 Å². The fraction of sp³-hybridized carbons (Fsp3) is 0.618. The molecule has 4 amide bonds. The molecule has 2 bridgehead atoms. The minimum Gasteiger partial charge on any atom is -0.397 e. The van der Waals surface area contributed by atoms with Crippen LogP contribution in [-0.2, 0) is 28.7 Å². The second-order valence-corrected chi connectivity index (χ2v) is 16.2. The number of benzene rings is 1. The van der Waals surface area contributed by atoms with E-state index in [0.29, 0.717) is 69.3 Å². The monoisotopic (exact) mass is 765 g/mol. The summed E-state index contributed by atoms with van der Waals surface area (Å²) in [4.78, 5) is 52.2. The molecule has 0 radical (unpaired) electrons. The van der Waals surface area contributed by atoms with Crippen molar-refractivity contribution >= 4 is 56.5 Å². The summed E-state index contributed by atoms with van der Waals surface area (Å²) < 4.78 is 41.7. The highest BCUT2D eigenvalue weighted by molar-refractivity contribution is 9.10. The SMILES string of the molecule is CN1CC2CC1CN2C1CCN(C(=O)[C@H](CC(=O)N2CCC(N3Cc4sccc4NC3=O)CC2)Cc2cc(Br)c(N)c(C(F)(F)F)c2)CC1. The third-order valence-electron chi connectivity index (χ3n) is 11.4. The number of thiophene rings is 1. The summed E-state index contributed by atoms with van der Waals surface area (Å²) in [6, 6.07) is 5.83. The minimum atomic E-state index is -4.66. The normalized spacial score (nSPS) is 24.8. The molecule has 0 saturated carbocycles. The van der Waals surface area contributed by atoms with Crippen molar-refractivity contribution < 1.29 is 27.6 Å². The molecule has 1 aromatic heterocycles. The fourth-order valence-electron chi connectivity index (χ4n) is 8.63. The molecule has 266 valence electrons. The lowest BCUT2D eigenvalue weighted by molar-refractivity contribution is -0.143. The summed E-state index contributed by atoms with van der Waals surface area (Å²) in [5.74, 6) is -1.21. The highest BCUT2D eigenvalue weighted by Crippen LogP contribution is 2.39. The van der Waals surface area contributed by atoms with Gasteiger partial charge in [0.05, 0.1) is 29.4 Å². The predicted molar refractivity (Wildman–Crippen MR) is 185 cm³/mol. The van der Waals surface area contributed by atoms with Gasteiger partial charge in [0.25, 0.3) is 0 Å². The third kappa shape index (κ3) is 7.05. The molecule has 4 fully saturated rings. The number of amides is 4. The van der Waals surface area contributed by atoms with E-state index in [9.17, 15) is 27.6 Å². The molecule has 15 heteroatoms. The van der Waals surface area contributed by atoms with Gasteiger partial charge in [-0.3, -0.25) is 14.5 Å². The number of nitrogens with zero attached hydrogens (tertiary/aromatic N) is 5. The van der Waals surface area contributed by atoms with Gasteiger partial charge in [-0.15, -0.1) is 11.3 Å². The molecule has 2 unspecified atom stereocenters. The number of nitrogen functional groups attached to an aromatic ring is 1. The van der Waals surface area contributed by atoms with E-state index in [0.717, 1.165) is 42.6 Å². The average Bonchev–Trinajstić information content (AvgIpc) is 3.80. The number of halogens is 4. The molecule has 4 saturated heterocycles. The van der Waals surface area contributed by atoms with Crippen LogP contribution in [0.1, 0.15) is 54.5 Å². The lowest BCUT2D eigenvalue weighted by Gasteiger charge is -2.42. The molecule has 0 spiro atoms. The van der Waals surface area contributed by atoms with E-state index in [1.165, 1.54) is 12.5 Å². The maximum atomic E-state index is 14.2. The maximum Gasteiger partial charge on any atom is 0.418 e. The van der Waals surface area contributed by atoms with E-state index >= 15 is 0 Å². The van der Waals surface area contributed by atoms with E-state index < -0.39 is 23.3 Å². The molecule has 2 aromatic rings. The Kier molecular flexibility index (Phi) is 9.65. The van der Waals surface area contributed by atoms with Gasteiger partial charge in [-0.2, -0.15) is 13.2 Å². The predicted octanol–water partition coefficient (Wildman–Crippen LogP) is 5.08. The number of carbonyl (C=O) groups is 3. The number of alkyl halides is 3. The summed E-state index contributed by atoms with van der Waals surface area (Å²) in [5, 5.41) is 4.91. The Balaban J connectivity index is 1.02. The first-order valence-corrected chi connectivity index (χ1v) is 18.8. The molecule has 7 rings (SSSR count). The Labute approximate surface area is 296 Å².